The van der Waals surface area contributed by atoms with E-state index in [0.29, 0.717) is 11.4 Å². The van der Waals surface area contributed by atoms with Crippen molar-refractivity contribution < 1.29 is 4.79 Å². The lowest BCUT2D eigenvalue weighted by atomic mass is 10.1. The zero-order valence-corrected chi connectivity index (χ0v) is 22.5. The fraction of sp³-hybridized carbons (Fsp3) is 0.423. The summed E-state index contributed by atoms with van der Waals surface area (Å²) in [5, 5.41) is 8.37. The minimum atomic E-state index is -0.249. The van der Waals surface area contributed by atoms with Gasteiger partial charge in [-0.1, -0.05) is 17.4 Å². The number of nitrogens with one attached hydrogen (secondary N) is 1. The van der Waals surface area contributed by atoms with Crippen molar-refractivity contribution in [2.75, 3.05) is 41.3 Å². The first-order valence-electron chi connectivity index (χ1n) is 12.7. The van der Waals surface area contributed by atoms with Crippen LogP contribution in [0.2, 0.25) is 0 Å². The third-order valence-electron chi connectivity index (χ3n) is 6.86. The highest BCUT2D eigenvalue weighted by molar-refractivity contribution is 7.22. The maximum Gasteiger partial charge on any atom is 0.274 e. The molecule has 0 aliphatic carbocycles. The fourth-order valence-corrected chi connectivity index (χ4v) is 5.96. The molecule has 9 nitrogen and oxygen atoms in total. The number of carbonyl (C=O) groups is 1. The maximum absolute atomic E-state index is 13.4. The summed E-state index contributed by atoms with van der Waals surface area (Å²) in [5.41, 5.74) is 3.43. The van der Waals surface area contributed by atoms with E-state index in [0.717, 1.165) is 71.6 Å². The minimum Gasteiger partial charge on any atom is -0.355 e. The molecule has 0 atom stereocenters. The SMILES string of the molecule is Cl.Cn1cc(-c2cccc(C(=O)Nc3cc4sc(N5CCCCC5)nc4nc3N3CCCCC3)n2)cn1. The Balaban J connectivity index is 0.00000280. The molecule has 2 aliphatic heterocycles. The van der Waals surface area contributed by atoms with Crippen LogP contribution in [0.3, 0.4) is 0 Å². The molecule has 2 saturated heterocycles. The Hall–Kier alpha value is -3.24. The number of hydrogen-bond acceptors (Lipinski definition) is 8. The number of carbonyl (C=O) groups excluding carboxylic acids is 1. The summed E-state index contributed by atoms with van der Waals surface area (Å²) in [5.74, 6) is 0.551. The molecule has 0 aromatic carbocycles. The van der Waals surface area contributed by atoms with Crippen molar-refractivity contribution in [1.82, 2.24) is 24.7 Å². The summed E-state index contributed by atoms with van der Waals surface area (Å²) in [7, 11) is 1.86. The largest absolute Gasteiger partial charge is 0.355 e. The van der Waals surface area contributed by atoms with Crippen LogP contribution in [0.25, 0.3) is 21.6 Å². The van der Waals surface area contributed by atoms with E-state index in [4.69, 9.17) is 9.97 Å². The average molecular weight is 539 g/mol. The van der Waals surface area contributed by atoms with Crippen molar-refractivity contribution >= 4 is 56.6 Å². The summed E-state index contributed by atoms with van der Waals surface area (Å²) < 4.78 is 2.71. The number of aryl methyl sites for hydroxylation is 1. The Labute approximate surface area is 226 Å². The van der Waals surface area contributed by atoms with Gasteiger partial charge in [-0.25, -0.2) is 9.97 Å². The molecule has 11 heteroatoms. The number of amides is 1. The van der Waals surface area contributed by atoms with Gasteiger partial charge in [-0.2, -0.15) is 10.1 Å². The van der Waals surface area contributed by atoms with Crippen molar-refractivity contribution in [1.29, 1.82) is 0 Å². The number of pyridine rings is 2. The highest BCUT2D eigenvalue weighted by Gasteiger charge is 2.22. The van der Waals surface area contributed by atoms with Crippen LogP contribution < -0.4 is 15.1 Å². The van der Waals surface area contributed by atoms with Crippen molar-refractivity contribution in [3.8, 4) is 11.3 Å². The first-order valence-corrected chi connectivity index (χ1v) is 13.5. The number of nitrogens with zero attached hydrogens (tertiary/aromatic N) is 7. The lowest BCUT2D eigenvalue weighted by Gasteiger charge is -2.29. The van der Waals surface area contributed by atoms with Crippen LogP contribution in [0.15, 0.2) is 36.7 Å². The predicted octanol–water partition coefficient (Wildman–Crippen LogP) is 5.14. The van der Waals surface area contributed by atoms with E-state index in [-0.39, 0.29) is 18.3 Å². The van der Waals surface area contributed by atoms with Crippen LogP contribution in [0.1, 0.15) is 49.0 Å². The van der Waals surface area contributed by atoms with Crippen molar-refractivity contribution in [3.63, 3.8) is 0 Å². The van der Waals surface area contributed by atoms with Crippen LogP contribution in [0.4, 0.5) is 16.6 Å². The van der Waals surface area contributed by atoms with E-state index in [2.05, 4.69) is 25.2 Å². The molecule has 0 spiro atoms. The highest BCUT2D eigenvalue weighted by atomic mass is 35.5. The molecule has 0 radical (unpaired) electrons. The Kier molecular flexibility index (Phi) is 7.57. The second-order valence-corrected chi connectivity index (χ2v) is 10.5. The first-order chi connectivity index (χ1) is 17.6. The van der Waals surface area contributed by atoms with Gasteiger partial charge in [0.05, 0.1) is 22.3 Å². The number of fused-ring (bicyclic) bond motifs is 1. The number of anilines is 3. The Morgan fingerprint density at radius 2 is 1.68 bits per heavy atom. The van der Waals surface area contributed by atoms with E-state index >= 15 is 0 Å². The molecule has 37 heavy (non-hydrogen) atoms. The summed E-state index contributed by atoms with van der Waals surface area (Å²) in [4.78, 5) is 32.5. The number of piperidine rings is 2. The molecule has 4 aromatic heterocycles. The Bertz CT molecular complexity index is 1390. The van der Waals surface area contributed by atoms with Gasteiger partial charge >= 0.3 is 0 Å². The fourth-order valence-electron chi connectivity index (χ4n) is 4.96. The Morgan fingerprint density at radius 1 is 0.946 bits per heavy atom. The number of aromatic nitrogens is 5. The molecule has 194 valence electrons. The molecule has 2 aliphatic rings. The summed E-state index contributed by atoms with van der Waals surface area (Å²) in [6, 6.07) is 7.52. The topological polar surface area (TPSA) is 92.1 Å². The number of rotatable bonds is 5. The summed E-state index contributed by atoms with van der Waals surface area (Å²) in [6.07, 6.45) is 10.8. The third kappa shape index (κ3) is 5.40. The van der Waals surface area contributed by atoms with Gasteiger partial charge in [0.1, 0.15) is 5.69 Å². The molecule has 1 amide bonds. The van der Waals surface area contributed by atoms with E-state index in [1.165, 1.54) is 25.7 Å². The van der Waals surface area contributed by atoms with Crippen molar-refractivity contribution in [2.45, 2.75) is 38.5 Å². The minimum absolute atomic E-state index is 0. The second-order valence-electron chi connectivity index (χ2n) is 9.54. The zero-order chi connectivity index (χ0) is 24.5. The van der Waals surface area contributed by atoms with Crippen LogP contribution in [-0.4, -0.2) is 56.8 Å². The van der Waals surface area contributed by atoms with Gasteiger partial charge in [0, 0.05) is 45.0 Å². The lowest BCUT2D eigenvalue weighted by Crippen LogP contribution is -2.31. The van der Waals surface area contributed by atoms with Gasteiger partial charge in [0.25, 0.3) is 5.91 Å². The average Bonchev–Trinajstić information content (AvgIpc) is 3.55. The lowest BCUT2D eigenvalue weighted by molar-refractivity contribution is 0.102. The zero-order valence-electron chi connectivity index (χ0n) is 20.9. The Morgan fingerprint density at radius 3 is 2.38 bits per heavy atom. The smallest absolute Gasteiger partial charge is 0.274 e. The highest BCUT2D eigenvalue weighted by Crippen LogP contribution is 2.36. The molecule has 0 bridgehead atoms. The van der Waals surface area contributed by atoms with E-state index in [9.17, 15) is 4.79 Å². The molecule has 1 N–H and O–H groups in total. The number of hydrogen-bond donors (Lipinski definition) is 1. The van der Waals surface area contributed by atoms with E-state index in [1.54, 1.807) is 28.3 Å². The quantitative estimate of drug-likeness (QED) is 0.376. The molecular formula is C26H31ClN8OS. The second kappa shape index (κ2) is 11.0. The molecule has 0 unspecified atom stereocenters. The molecule has 2 fully saturated rings. The van der Waals surface area contributed by atoms with Gasteiger partial charge in [0.2, 0.25) is 0 Å². The molecular weight excluding hydrogens is 508 g/mol. The van der Waals surface area contributed by atoms with E-state index < -0.39 is 0 Å². The van der Waals surface area contributed by atoms with Crippen molar-refractivity contribution in [3.05, 3.63) is 42.4 Å². The van der Waals surface area contributed by atoms with Crippen LogP contribution in [0, 0.1) is 0 Å². The van der Waals surface area contributed by atoms with E-state index in [1.807, 2.05) is 31.4 Å². The van der Waals surface area contributed by atoms with Gasteiger partial charge in [-0.05, 0) is 56.7 Å². The molecule has 0 saturated carbocycles. The normalized spacial score (nSPS) is 16.0. The summed E-state index contributed by atoms with van der Waals surface area (Å²) in [6.45, 7) is 3.95. The first kappa shape index (κ1) is 25.4. The molecule has 6 rings (SSSR count). The standard InChI is InChI=1S/C26H30N8OS.ClH/c1-32-17-18(16-27-32)19-9-8-10-20(28-19)25(35)29-21-15-22-23(30-24(21)33-11-4-2-5-12-33)31-26(36-22)34-13-6-3-7-14-34;/h8-10,15-17H,2-7,11-14H2,1H3,(H,29,35);1H. The molecule has 6 heterocycles. The molecule has 4 aromatic rings. The van der Waals surface area contributed by atoms with Crippen LogP contribution in [-0.2, 0) is 7.05 Å². The van der Waals surface area contributed by atoms with Gasteiger partial charge < -0.3 is 15.1 Å². The van der Waals surface area contributed by atoms with Crippen molar-refractivity contribution in [2.24, 2.45) is 7.05 Å². The van der Waals surface area contributed by atoms with Crippen LogP contribution in [0.5, 0.6) is 0 Å². The maximum atomic E-state index is 13.4. The third-order valence-corrected chi connectivity index (χ3v) is 7.92. The van der Waals surface area contributed by atoms with Gasteiger partial charge in [-0.3, -0.25) is 9.48 Å². The van der Waals surface area contributed by atoms with Gasteiger partial charge in [0.15, 0.2) is 16.6 Å². The predicted molar refractivity (Wildman–Crippen MR) is 151 cm³/mol. The monoisotopic (exact) mass is 538 g/mol. The number of halogens is 1. The van der Waals surface area contributed by atoms with Gasteiger partial charge in [-0.15, -0.1) is 12.4 Å². The summed E-state index contributed by atoms with van der Waals surface area (Å²) >= 11 is 1.66. The van der Waals surface area contributed by atoms with Crippen LogP contribution >= 0.6 is 23.7 Å². The number of thiazole rings is 1.